The van der Waals surface area contributed by atoms with Gasteiger partial charge >= 0.3 is 0 Å². The van der Waals surface area contributed by atoms with Gasteiger partial charge < -0.3 is 11.1 Å². The zero-order valence-electron chi connectivity index (χ0n) is 7.47. The van der Waals surface area contributed by atoms with Gasteiger partial charge in [-0.05, 0) is 12.1 Å². The number of pyridine rings is 1. The first-order valence-electron chi connectivity index (χ1n) is 4.20. The monoisotopic (exact) mass is 206 g/mol. The molecule has 0 aliphatic carbocycles. The number of nitrogens with one attached hydrogen (secondary N) is 1. The summed E-state index contributed by atoms with van der Waals surface area (Å²) < 4.78 is 0. The molecular weight excluding hydrogens is 196 g/mol. The maximum atomic E-state index is 5.49. The van der Waals surface area contributed by atoms with Crippen LogP contribution < -0.4 is 11.1 Å². The fraction of sp³-hybridized carbons (Fsp3) is 0.111. The van der Waals surface area contributed by atoms with Crippen LogP contribution in [0.4, 0.5) is 10.8 Å². The highest BCUT2D eigenvalue weighted by Gasteiger charge is 1.99. The van der Waals surface area contributed by atoms with Gasteiger partial charge in [0.1, 0.15) is 0 Å². The van der Waals surface area contributed by atoms with Gasteiger partial charge in [-0.1, -0.05) is 0 Å². The van der Waals surface area contributed by atoms with Crippen LogP contribution in [0.5, 0.6) is 0 Å². The molecule has 0 aliphatic heterocycles. The van der Waals surface area contributed by atoms with Crippen molar-refractivity contribution < 1.29 is 0 Å². The predicted octanol–water partition coefficient (Wildman–Crippen LogP) is 1.74. The maximum absolute atomic E-state index is 5.49. The lowest BCUT2D eigenvalue weighted by atomic mass is 10.4. The fourth-order valence-electron chi connectivity index (χ4n) is 1.02. The van der Waals surface area contributed by atoms with Gasteiger partial charge in [-0.15, -0.1) is 11.3 Å². The maximum Gasteiger partial charge on any atom is 0.187 e. The number of hydrogen-bond acceptors (Lipinski definition) is 5. The van der Waals surface area contributed by atoms with E-state index in [4.69, 9.17) is 5.73 Å². The highest BCUT2D eigenvalue weighted by molar-refractivity contribution is 7.15. The van der Waals surface area contributed by atoms with E-state index in [-0.39, 0.29) is 0 Å². The normalized spacial score (nSPS) is 10.1. The topological polar surface area (TPSA) is 63.8 Å². The summed E-state index contributed by atoms with van der Waals surface area (Å²) in [7, 11) is 0. The van der Waals surface area contributed by atoms with Crippen molar-refractivity contribution in [1.29, 1.82) is 0 Å². The lowest BCUT2D eigenvalue weighted by Crippen LogP contribution is -1.91. The van der Waals surface area contributed by atoms with Gasteiger partial charge in [0.25, 0.3) is 0 Å². The molecule has 0 spiro atoms. The summed E-state index contributed by atoms with van der Waals surface area (Å²) in [5.41, 5.74) is 6.47. The Morgan fingerprint density at radius 3 is 2.79 bits per heavy atom. The van der Waals surface area contributed by atoms with Gasteiger partial charge in [-0.2, -0.15) is 0 Å². The third-order valence-corrected chi connectivity index (χ3v) is 2.62. The second-order valence-corrected chi connectivity index (χ2v) is 3.81. The smallest absolute Gasteiger partial charge is 0.187 e. The summed E-state index contributed by atoms with van der Waals surface area (Å²) in [6, 6.07) is 3.78. The molecule has 0 aliphatic rings. The van der Waals surface area contributed by atoms with Crippen LogP contribution in [0.3, 0.4) is 0 Å². The zero-order valence-corrected chi connectivity index (χ0v) is 8.29. The Kier molecular flexibility index (Phi) is 2.71. The fourth-order valence-corrected chi connectivity index (χ4v) is 1.73. The highest BCUT2D eigenvalue weighted by atomic mass is 32.1. The average molecular weight is 206 g/mol. The molecular formula is C9H10N4S. The van der Waals surface area contributed by atoms with Crippen LogP contribution in [-0.2, 0) is 6.54 Å². The van der Waals surface area contributed by atoms with E-state index >= 15 is 0 Å². The number of nitrogens with two attached hydrogens (primary N) is 1. The van der Waals surface area contributed by atoms with E-state index in [2.05, 4.69) is 15.3 Å². The van der Waals surface area contributed by atoms with Crippen LogP contribution in [0.1, 0.15) is 4.88 Å². The van der Waals surface area contributed by atoms with Crippen molar-refractivity contribution in [1.82, 2.24) is 9.97 Å². The Bertz CT molecular complexity index is 398. The minimum atomic E-state index is 0.537. The molecule has 14 heavy (non-hydrogen) atoms. The van der Waals surface area contributed by atoms with Gasteiger partial charge in [0, 0.05) is 35.7 Å². The van der Waals surface area contributed by atoms with Gasteiger partial charge in [-0.25, -0.2) is 4.98 Å². The highest BCUT2D eigenvalue weighted by Crippen LogP contribution is 2.21. The Morgan fingerprint density at radius 1 is 1.36 bits per heavy atom. The summed E-state index contributed by atoms with van der Waals surface area (Å²) in [4.78, 5) is 9.19. The Labute approximate surface area is 85.8 Å². The SMILES string of the molecule is NCc1cnc(Nc2ccncc2)s1. The molecule has 0 saturated carbocycles. The number of aromatic nitrogens is 2. The van der Waals surface area contributed by atoms with Crippen LogP contribution >= 0.6 is 11.3 Å². The van der Waals surface area contributed by atoms with E-state index in [1.165, 1.54) is 0 Å². The van der Waals surface area contributed by atoms with Crippen molar-refractivity contribution in [3.8, 4) is 0 Å². The first kappa shape index (κ1) is 9.11. The Morgan fingerprint density at radius 2 is 2.14 bits per heavy atom. The van der Waals surface area contributed by atoms with Crippen molar-refractivity contribution in [2.45, 2.75) is 6.54 Å². The molecule has 2 aromatic rings. The largest absolute Gasteiger partial charge is 0.331 e. The van der Waals surface area contributed by atoms with E-state index < -0.39 is 0 Å². The van der Waals surface area contributed by atoms with Crippen LogP contribution in [0.2, 0.25) is 0 Å². The molecule has 0 atom stereocenters. The van der Waals surface area contributed by atoms with Crippen LogP contribution in [0.25, 0.3) is 0 Å². The molecule has 0 bridgehead atoms. The second kappa shape index (κ2) is 4.17. The third-order valence-electron chi connectivity index (χ3n) is 1.69. The summed E-state index contributed by atoms with van der Waals surface area (Å²) in [6.45, 7) is 0.537. The number of anilines is 2. The van der Waals surface area contributed by atoms with Gasteiger partial charge in [0.05, 0.1) is 0 Å². The summed E-state index contributed by atoms with van der Waals surface area (Å²) >= 11 is 1.56. The summed E-state index contributed by atoms with van der Waals surface area (Å²) in [6.07, 6.45) is 5.26. The molecule has 5 heteroatoms. The number of nitrogens with zero attached hydrogens (tertiary/aromatic N) is 2. The Balaban J connectivity index is 2.11. The van der Waals surface area contributed by atoms with Crippen LogP contribution in [-0.4, -0.2) is 9.97 Å². The van der Waals surface area contributed by atoms with Crippen molar-refractivity contribution in [3.63, 3.8) is 0 Å². The molecule has 0 saturated heterocycles. The minimum Gasteiger partial charge on any atom is -0.331 e. The van der Waals surface area contributed by atoms with Crippen molar-refractivity contribution >= 4 is 22.2 Å². The lowest BCUT2D eigenvalue weighted by Gasteiger charge is -1.99. The van der Waals surface area contributed by atoms with Crippen molar-refractivity contribution in [2.24, 2.45) is 5.73 Å². The number of rotatable bonds is 3. The molecule has 0 radical (unpaired) electrons. The second-order valence-electron chi connectivity index (χ2n) is 2.70. The standard InChI is InChI=1S/C9H10N4S/c10-5-8-6-12-9(14-8)13-7-1-3-11-4-2-7/h1-4,6H,5,10H2,(H,11,12,13). The molecule has 0 amide bonds. The zero-order chi connectivity index (χ0) is 9.80. The van der Waals surface area contributed by atoms with E-state index in [1.807, 2.05) is 12.1 Å². The lowest BCUT2D eigenvalue weighted by molar-refractivity contribution is 1.10. The van der Waals surface area contributed by atoms with E-state index in [0.29, 0.717) is 6.54 Å². The first-order chi connectivity index (χ1) is 6.88. The molecule has 2 heterocycles. The van der Waals surface area contributed by atoms with Crippen molar-refractivity contribution in [2.75, 3.05) is 5.32 Å². The quantitative estimate of drug-likeness (QED) is 0.803. The van der Waals surface area contributed by atoms with E-state index in [0.717, 1.165) is 15.7 Å². The average Bonchev–Trinajstić information content (AvgIpc) is 2.67. The molecule has 0 aromatic carbocycles. The van der Waals surface area contributed by atoms with Gasteiger partial charge in [-0.3, -0.25) is 4.98 Å². The molecule has 2 rings (SSSR count). The van der Waals surface area contributed by atoms with Crippen molar-refractivity contribution in [3.05, 3.63) is 35.6 Å². The molecule has 4 nitrogen and oxygen atoms in total. The van der Waals surface area contributed by atoms with Crippen LogP contribution in [0, 0.1) is 0 Å². The molecule has 0 fully saturated rings. The van der Waals surface area contributed by atoms with Crippen LogP contribution in [0.15, 0.2) is 30.7 Å². The molecule has 2 aromatic heterocycles. The molecule has 3 N–H and O–H groups in total. The number of thiazole rings is 1. The molecule has 0 unspecified atom stereocenters. The van der Waals surface area contributed by atoms with Gasteiger partial charge in [0.15, 0.2) is 5.13 Å². The van der Waals surface area contributed by atoms with E-state index in [1.54, 1.807) is 29.9 Å². The third kappa shape index (κ3) is 2.07. The molecule has 72 valence electrons. The number of hydrogen-bond donors (Lipinski definition) is 2. The predicted molar refractivity (Wildman–Crippen MR) is 57.5 cm³/mol. The Hall–Kier alpha value is -1.46. The van der Waals surface area contributed by atoms with Gasteiger partial charge in [0.2, 0.25) is 0 Å². The first-order valence-corrected chi connectivity index (χ1v) is 5.02. The summed E-state index contributed by atoms with van der Waals surface area (Å²) in [5, 5.41) is 4.03. The minimum absolute atomic E-state index is 0.537. The van der Waals surface area contributed by atoms with E-state index in [9.17, 15) is 0 Å². The summed E-state index contributed by atoms with van der Waals surface area (Å²) in [5.74, 6) is 0.